The number of halogens is 1. The first kappa shape index (κ1) is 19.1. The summed E-state index contributed by atoms with van der Waals surface area (Å²) in [7, 11) is 2.00. The fourth-order valence-corrected chi connectivity index (χ4v) is 4.68. The van der Waals surface area contributed by atoms with Crippen LogP contribution >= 0.6 is 11.3 Å². The number of hydrogen-bond acceptors (Lipinski definition) is 6. The monoisotopic (exact) mass is 400 g/mol. The van der Waals surface area contributed by atoms with Crippen LogP contribution in [0.15, 0.2) is 53.5 Å². The van der Waals surface area contributed by atoms with Crippen LogP contribution in [0, 0.1) is 0 Å². The maximum absolute atomic E-state index is 14.0. The van der Waals surface area contributed by atoms with Crippen LogP contribution in [0.2, 0.25) is 0 Å². The number of alkyl halides is 1. The van der Waals surface area contributed by atoms with Crippen molar-refractivity contribution < 1.29 is 9.50 Å². The summed E-state index contributed by atoms with van der Waals surface area (Å²) in [6.45, 7) is 2.06. The van der Waals surface area contributed by atoms with Crippen molar-refractivity contribution in [1.29, 1.82) is 0 Å². The minimum atomic E-state index is -1.26. The van der Waals surface area contributed by atoms with Crippen LogP contribution in [0.4, 0.5) is 15.8 Å². The molecule has 4 rings (SSSR count). The number of nitrogens with zero attached hydrogens (tertiary/aromatic N) is 2. The lowest BCUT2D eigenvalue weighted by Crippen LogP contribution is -2.29. The number of dihydropyridines is 1. The lowest BCUT2D eigenvalue weighted by molar-refractivity contribution is 0.212. The average Bonchev–Trinajstić information content (AvgIpc) is 3.39. The molecule has 28 heavy (non-hydrogen) atoms. The van der Waals surface area contributed by atoms with E-state index in [0.29, 0.717) is 6.04 Å². The van der Waals surface area contributed by atoms with Crippen molar-refractivity contribution in [2.75, 3.05) is 30.4 Å². The van der Waals surface area contributed by atoms with Crippen molar-refractivity contribution in [3.05, 3.63) is 58.3 Å². The van der Waals surface area contributed by atoms with Gasteiger partial charge in [0, 0.05) is 41.6 Å². The Morgan fingerprint density at radius 1 is 1.25 bits per heavy atom. The number of aliphatic hydroxyl groups is 1. The molecule has 0 saturated carbocycles. The Kier molecular flexibility index (Phi) is 5.75. The van der Waals surface area contributed by atoms with Gasteiger partial charge in [-0.15, -0.1) is 11.3 Å². The van der Waals surface area contributed by atoms with Crippen LogP contribution in [0.1, 0.15) is 28.3 Å². The highest BCUT2D eigenvalue weighted by Gasteiger charge is 2.24. The highest BCUT2D eigenvalue weighted by atomic mass is 32.1. The van der Waals surface area contributed by atoms with Crippen LogP contribution in [0.3, 0.4) is 0 Å². The van der Waals surface area contributed by atoms with Gasteiger partial charge in [0.1, 0.15) is 0 Å². The van der Waals surface area contributed by atoms with Gasteiger partial charge in [-0.1, -0.05) is 6.08 Å². The molecule has 3 heterocycles. The van der Waals surface area contributed by atoms with Crippen molar-refractivity contribution in [3.63, 3.8) is 0 Å². The lowest BCUT2D eigenvalue weighted by Gasteiger charge is -2.20. The first-order valence-electron chi connectivity index (χ1n) is 9.54. The molecule has 1 fully saturated rings. The quantitative estimate of drug-likeness (QED) is 0.512. The molecule has 0 radical (unpaired) electrons. The van der Waals surface area contributed by atoms with Gasteiger partial charge >= 0.3 is 0 Å². The number of aliphatic hydroxyl groups excluding tert-OH is 1. The maximum atomic E-state index is 14.0. The third-order valence-electron chi connectivity index (χ3n) is 5.31. The van der Waals surface area contributed by atoms with E-state index in [0.717, 1.165) is 35.0 Å². The summed E-state index contributed by atoms with van der Waals surface area (Å²) in [6, 6.07) is 12.4. The van der Waals surface area contributed by atoms with Crippen LogP contribution < -0.4 is 15.5 Å². The largest absolute Gasteiger partial charge is 0.370 e. The van der Waals surface area contributed by atoms with Gasteiger partial charge in [0.2, 0.25) is 6.30 Å². The number of rotatable bonds is 6. The third-order valence-corrected chi connectivity index (χ3v) is 6.55. The fourth-order valence-electron chi connectivity index (χ4n) is 3.64. The summed E-state index contributed by atoms with van der Waals surface area (Å²) in [4.78, 5) is 7.78. The van der Waals surface area contributed by atoms with Gasteiger partial charge in [-0.25, -0.2) is 4.39 Å². The Balaban J connectivity index is 1.38. The zero-order chi connectivity index (χ0) is 19.5. The van der Waals surface area contributed by atoms with Gasteiger partial charge in [-0.05, 0) is 55.9 Å². The SMILES string of the molecule is CNC1CCN(c2ccc(NC(O)c3ccc(C4C=CC=NC4F)s3)cc2)C1. The number of nitrogens with one attached hydrogen (secondary N) is 2. The second kappa shape index (κ2) is 8.43. The second-order valence-corrected chi connectivity index (χ2v) is 8.28. The van der Waals surface area contributed by atoms with Crippen molar-refractivity contribution >= 4 is 28.9 Å². The standard InChI is InChI=1S/C21H25FN4OS/c1-23-15-10-12-26(13-15)16-6-4-14(5-7-16)25-21(27)19-9-8-18(28-19)17-3-2-11-24-20(17)22/h2-9,11,15,17,20-21,23,25,27H,10,12-13H2,1H3. The van der Waals surface area contributed by atoms with Gasteiger partial charge in [-0.3, -0.25) is 4.99 Å². The van der Waals surface area contributed by atoms with Crippen LogP contribution in [-0.4, -0.2) is 43.8 Å². The highest BCUT2D eigenvalue weighted by Crippen LogP contribution is 2.34. The zero-order valence-corrected chi connectivity index (χ0v) is 16.6. The van der Waals surface area contributed by atoms with Crippen molar-refractivity contribution in [2.24, 2.45) is 4.99 Å². The van der Waals surface area contributed by atoms with Crippen LogP contribution in [-0.2, 0) is 0 Å². The minimum Gasteiger partial charge on any atom is -0.370 e. The Morgan fingerprint density at radius 2 is 2.07 bits per heavy atom. The Morgan fingerprint density at radius 3 is 2.79 bits per heavy atom. The van der Waals surface area contributed by atoms with Crippen LogP contribution in [0.5, 0.6) is 0 Å². The molecule has 1 saturated heterocycles. The number of benzene rings is 1. The first-order valence-corrected chi connectivity index (χ1v) is 10.4. The summed E-state index contributed by atoms with van der Waals surface area (Å²) in [5, 5.41) is 17.0. The van der Waals surface area contributed by atoms with E-state index in [1.807, 2.05) is 37.4 Å². The van der Waals surface area contributed by atoms with E-state index in [4.69, 9.17) is 0 Å². The van der Waals surface area contributed by atoms with Crippen molar-refractivity contribution in [1.82, 2.24) is 5.32 Å². The number of likely N-dealkylation sites (N-methyl/N-ethyl adjacent to an activating group) is 1. The molecule has 4 atom stereocenters. The molecule has 0 aliphatic carbocycles. The molecular formula is C21H25FN4OS. The van der Waals surface area contributed by atoms with Crippen LogP contribution in [0.25, 0.3) is 0 Å². The molecule has 0 bridgehead atoms. The van der Waals surface area contributed by atoms with Gasteiger partial charge in [-0.2, -0.15) is 0 Å². The Hall–Kier alpha value is -2.22. The van der Waals surface area contributed by atoms with E-state index in [1.54, 1.807) is 6.08 Å². The van der Waals surface area contributed by atoms with Gasteiger partial charge in [0.25, 0.3) is 0 Å². The summed E-state index contributed by atoms with van der Waals surface area (Å²) < 4.78 is 14.0. The van der Waals surface area contributed by atoms with E-state index >= 15 is 0 Å². The van der Waals surface area contributed by atoms with E-state index in [1.165, 1.54) is 23.2 Å². The van der Waals surface area contributed by atoms with Gasteiger partial charge in [0.05, 0.1) is 10.8 Å². The molecule has 0 spiro atoms. The molecule has 2 aliphatic heterocycles. The second-order valence-electron chi connectivity index (χ2n) is 7.14. The first-order chi connectivity index (χ1) is 13.6. The molecule has 7 heteroatoms. The van der Waals surface area contributed by atoms with E-state index in [2.05, 4.69) is 32.7 Å². The molecular weight excluding hydrogens is 375 g/mol. The topological polar surface area (TPSA) is 59.9 Å². The van der Waals surface area contributed by atoms with E-state index in [-0.39, 0.29) is 5.92 Å². The summed E-state index contributed by atoms with van der Waals surface area (Å²) in [5.41, 5.74) is 2.04. The average molecular weight is 401 g/mol. The predicted octanol–water partition coefficient (Wildman–Crippen LogP) is 3.67. The molecule has 2 aromatic rings. The smallest absolute Gasteiger partial charge is 0.200 e. The number of allylic oxidation sites excluding steroid dienone is 1. The van der Waals surface area contributed by atoms with Gasteiger partial charge < -0.3 is 20.6 Å². The fraction of sp³-hybridized carbons (Fsp3) is 0.381. The summed E-state index contributed by atoms with van der Waals surface area (Å²) in [6.07, 6.45) is 4.10. The molecule has 2 aliphatic rings. The summed E-state index contributed by atoms with van der Waals surface area (Å²) in [5.74, 6) is -0.378. The number of aliphatic imine (C=N–C) groups is 1. The van der Waals surface area contributed by atoms with E-state index < -0.39 is 12.5 Å². The molecule has 5 nitrogen and oxygen atoms in total. The number of thiophene rings is 1. The Bertz CT molecular complexity index is 850. The molecule has 1 aromatic carbocycles. The zero-order valence-electron chi connectivity index (χ0n) is 15.8. The van der Waals surface area contributed by atoms with Gasteiger partial charge in [0.15, 0.2) is 6.23 Å². The summed E-state index contributed by atoms with van der Waals surface area (Å²) >= 11 is 1.40. The molecule has 1 aromatic heterocycles. The molecule has 148 valence electrons. The minimum absolute atomic E-state index is 0.378. The number of hydrogen-bond donors (Lipinski definition) is 3. The van der Waals surface area contributed by atoms with E-state index in [9.17, 15) is 9.50 Å². The molecule has 0 amide bonds. The van der Waals surface area contributed by atoms with Crippen molar-refractivity contribution in [2.45, 2.75) is 30.9 Å². The number of anilines is 2. The highest BCUT2D eigenvalue weighted by molar-refractivity contribution is 7.12. The normalized spacial score (nSPS) is 25.2. The van der Waals surface area contributed by atoms with Crippen molar-refractivity contribution in [3.8, 4) is 0 Å². The maximum Gasteiger partial charge on any atom is 0.200 e. The lowest BCUT2D eigenvalue weighted by atomic mass is 10.0. The predicted molar refractivity (Wildman–Crippen MR) is 114 cm³/mol. The Labute approximate surface area is 168 Å². The molecule has 4 unspecified atom stereocenters. The molecule has 3 N–H and O–H groups in total. The third kappa shape index (κ3) is 4.11.